The third kappa shape index (κ3) is 5.73. The lowest BCUT2D eigenvalue weighted by atomic mass is 10.1. The van der Waals surface area contributed by atoms with Crippen molar-refractivity contribution in [3.05, 3.63) is 0 Å². The van der Waals surface area contributed by atoms with Crippen LogP contribution < -0.4 is 16.0 Å². The topological polar surface area (TPSA) is 70.2 Å². The standard InChI is InChI=1S/C12H23N3O2S/c1-5-8-6-9(16)14-11(13-8)18-7-10(17)15-12(2,3)4/h8,11,13H,5-7H2,1-4H3,(H,14,16)(H,15,17). The van der Waals surface area contributed by atoms with E-state index in [2.05, 4.69) is 16.0 Å². The molecule has 2 amide bonds. The third-order valence-electron chi connectivity index (χ3n) is 2.50. The SMILES string of the molecule is CCC1CC(=O)NC(SCC(=O)NC(C)(C)C)N1. The van der Waals surface area contributed by atoms with Crippen LogP contribution in [-0.2, 0) is 9.59 Å². The molecular weight excluding hydrogens is 250 g/mol. The summed E-state index contributed by atoms with van der Waals surface area (Å²) in [6.45, 7) is 7.89. The van der Waals surface area contributed by atoms with Crippen LogP contribution in [0.2, 0.25) is 0 Å². The van der Waals surface area contributed by atoms with Gasteiger partial charge in [-0.2, -0.15) is 0 Å². The van der Waals surface area contributed by atoms with Gasteiger partial charge < -0.3 is 10.6 Å². The first kappa shape index (κ1) is 15.3. The first-order valence-electron chi connectivity index (χ1n) is 6.28. The Morgan fingerprint density at radius 2 is 2.17 bits per heavy atom. The maximum absolute atomic E-state index is 11.7. The lowest BCUT2D eigenvalue weighted by Crippen LogP contribution is -2.55. The Kier molecular flexibility index (Phi) is 5.47. The van der Waals surface area contributed by atoms with Crippen molar-refractivity contribution in [1.82, 2.24) is 16.0 Å². The lowest BCUT2D eigenvalue weighted by molar-refractivity contribution is -0.123. The summed E-state index contributed by atoms with van der Waals surface area (Å²) >= 11 is 1.41. The number of hydrogen-bond acceptors (Lipinski definition) is 4. The first-order chi connectivity index (χ1) is 8.30. The molecule has 0 radical (unpaired) electrons. The van der Waals surface area contributed by atoms with Gasteiger partial charge in [0, 0.05) is 18.0 Å². The van der Waals surface area contributed by atoms with Gasteiger partial charge in [0.15, 0.2) is 0 Å². The first-order valence-corrected chi connectivity index (χ1v) is 7.33. The molecule has 2 unspecified atom stereocenters. The molecule has 0 bridgehead atoms. The van der Waals surface area contributed by atoms with E-state index in [-0.39, 0.29) is 28.9 Å². The van der Waals surface area contributed by atoms with Crippen molar-refractivity contribution in [3.63, 3.8) is 0 Å². The largest absolute Gasteiger partial charge is 0.351 e. The average Bonchev–Trinajstić information content (AvgIpc) is 2.23. The van der Waals surface area contributed by atoms with Gasteiger partial charge in [-0.3, -0.25) is 14.9 Å². The molecule has 0 aromatic rings. The maximum atomic E-state index is 11.7. The Bertz CT molecular complexity index is 315. The summed E-state index contributed by atoms with van der Waals surface area (Å²) in [6.07, 6.45) is 1.43. The van der Waals surface area contributed by atoms with Gasteiger partial charge in [-0.1, -0.05) is 6.92 Å². The molecule has 0 aromatic heterocycles. The lowest BCUT2D eigenvalue weighted by Gasteiger charge is -2.30. The molecule has 1 heterocycles. The van der Waals surface area contributed by atoms with Crippen molar-refractivity contribution in [2.24, 2.45) is 0 Å². The highest BCUT2D eigenvalue weighted by Crippen LogP contribution is 2.13. The second-order valence-electron chi connectivity index (χ2n) is 5.53. The van der Waals surface area contributed by atoms with Gasteiger partial charge in [0.2, 0.25) is 11.8 Å². The van der Waals surface area contributed by atoms with E-state index in [0.717, 1.165) is 6.42 Å². The Labute approximate surface area is 113 Å². The number of rotatable bonds is 4. The van der Waals surface area contributed by atoms with Crippen molar-refractivity contribution < 1.29 is 9.59 Å². The fraction of sp³-hybridized carbons (Fsp3) is 0.833. The normalized spacial score (nSPS) is 24.6. The summed E-state index contributed by atoms with van der Waals surface area (Å²) < 4.78 is 0. The zero-order valence-corrected chi connectivity index (χ0v) is 12.3. The van der Waals surface area contributed by atoms with E-state index in [1.807, 2.05) is 27.7 Å². The summed E-state index contributed by atoms with van der Waals surface area (Å²) in [6, 6.07) is 0.210. The highest BCUT2D eigenvalue weighted by atomic mass is 32.2. The van der Waals surface area contributed by atoms with E-state index in [1.54, 1.807) is 0 Å². The molecule has 1 rings (SSSR count). The molecule has 2 atom stereocenters. The zero-order valence-electron chi connectivity index (χ0n) is 11.5. The minimum Gasteiger partial charge on any atom is -0.351 e. The molecule has 0 aromatic carbocycles. The van der Waals surface area contributed by atoms with Gasteiger partial charge in [0.25, 0.3) is 0 Å². The Hall–Kier alpha value is -0.750. The van der Waals surface area contributed by atoms with Crippen molar-refractivity contribution in [1.29, 1.82) is 0 Å². The predicted octanol–water partition coefficient (Wildman–Crippen LogP) is 0.806. The number of nitrogens with one attached hydrogen (secondary N) is 3. The average molecular weight is 273 g/mol. The molecule has 0 spiro atoms. The summed E-state index contributed by atoms with van der Waals surface area (Å²) in [5.41, 5.74) is -0.380. The van der Waals surface area contributed by atoms with Gasteiger partial charge >= 0.3 is 0 Å². The molecule has 1 aliphatic heterocycles. The van der Waals surface area contributed by atoms with Crippen molar-refractivity contribution in [2.75, 3.05) is 5.75 Å². The van der Waals surface area contributed by atoms with E-state index < -0.39 is 0 Å². The minimum absolute atomic E-state index is 0.0119. The molecule has 1 aliphatic rings. The zero-order chi connectivity index (χ0) is 13.8. The Morgan fingerprint density at radius 3 is 2.72 bits per heavy atom. The van der Waals surface area contributed by atoms with Crippen LogP contribution in [-0.4, -0.2) is 34.6 Å². The van der Waals surface area contributed by atoms with Crippen LogP contribution in [0.4, 0.5) is 0 Å². The predicted molar refractivity (Wildman–Crippen MR) is 74.1 cm³/mol. The van der Waals surface area contributed by atoms with Crippen LogP contribution in [0.15, 0.2) is 0 Å². The third-order valence-corrected chi connectivity index (χ3v) is 3.52. The molecule has 18 heavy (non-hydrogen) atoms. The minimum atomic E-state index is -0.215. The molecule has 1 fully saturated rings. The van der Waals surface area contributed by atoms with Crippen molar-refractivity contribution in [3.8, 4) is 0 Å². The van der Waals surface area contributed by atoms with E-state index >= 15 is 0 Å². The van der Waals surface area contributed by atoms with Gasteiger partial charge in [0.1, 0.15) is 5.50 Å². The van der Waals surface area contributed by atoms with Crippen LogP contribution in [0.1, 0.15) is 40.5 Å². The van der Waals surface area contributed by atoms with E-state index in [1.165, 1.54) is 11.8 Å². The van der Waals surface area contributed by atoms with Gasteiger partial charge in [-0.25, -0.2) is 0 Å². The van der Waals surface area contributed by atoms with E-state index in [9.17, 15) is 9.59 Å². The smallest absolute Gasteiger partial charge is 0.230 e. The van der Waals surface area contributed by atoms with Crippen LogP contribution >= 0.6 is 11.8 Å². The second kappa shape index (κ2) is 6.43. The highest BCUT2D eigenvalue weighted by Gasteiger charge is 2.25. The Balaban J connectivity index is 2.34. The molecule has 104 valence electrons. The Morgan fingerprint density at radius 1 is 1.50 bits per heavy atom. The number of carbonyl (C=O) groups excluding carboxylic acids is 2. The highest BCUT2D eigenvalue weighted by molar-refractivity contribution is 8.00. The quantitative estimate of drug-likeness (QED) is 0.709. The van der Waals surface area contributed by atoms with Crippen LogP contribution in [0.3, 0.4) is 0 Å². The molecule has 1 saturated heterocycles. The number of amides is 2. The number of thioether (sulfide) groups is 1. The second-order valence-corrected chi connectivity index (χ2v) is 6.63. The van der Waals surface area contributed by atoms with E-state index in [4.69, 9.17) is 0 Å². The summed E-state index contributed by atoms with van der Waals surface area (Å²) in [7, 11) is 0. The van der Waals surface area contributed by atoms with Crippen LogP contribution in [0, 0.1) is 0 Å². The summed E-state index contributed by atoms with van der Waals surface area (Å²) in [5, 5.41) is 9.03. The monoisotopic (exact) mass is 273 g/mol. The fourth-order valence-corrected chi connectivity index (χ4v) is 2.60. The van der Waals surface area contributed by atoms with Crippen molar-refractivity contribution in [2.45, 2.75) is 57.6 Å². The van der Waals surface area contributed by atoms with Gasteiger partial charge in [-0.15, -0.1) is 11.8 Å². The number of hydrogen-bond donors (Lipinski definition) is 3. The molecule has 0 saturated carbocycles. The molecular formula is C12H23N3O2S. The van der Waals surface area contributed by atoms with Crippen LogP contribution in [0.25, 0.3) is 0 Å². The molecule has 5 nitrogen and oxygen atoms in total. The molecule has 6 heteroatoms. The van der Waals surface area contributed by atoms with Gasteiger partial charge in [-0.05, 0) is 27.2 Å². The molecule has 0 aliphatic carbocycles. The maximum Gasteiger partial charge on any atom is 0.230 e. The fourth-order valence-electron chi connectivity index (χ4n) is 1.71. The van der Waals surface area contributed by atoms with Gasteiger partial charge in [0.05, 0.1) is 5.75 Å². The van der Waals surface area contributed by atoms with E-state index in [0.29, 0.717) is 12.2 Å². The van der Waals surface area contributed by atoms with Crippen molar-refractivity contribution >= 4 is 23.6 Å². The summed E-state index contributed by atoms with van der Waals surface area (Å²) in [5.74, 6) is 0.377. The van der Waals surface area contributed by atoms with Crippen LogP contribution in [0.5, 0.6) is 0 Å². The molecule has 3 N–H and O–H groups in total. The summed E-state index contributed by atoms with van der Waals surface area (Å²) in [4.78, 5) is 23.1. The number of carbonyl (C=O) groups is 2.